The Balaban J connectivity index is 2.37. The van der Waals surface area contributed by atoms with Crippen LogP contribution in [0.3, 0.4) is 0 Å². The number of rotatable bonds is 3. The molecule has 1 heterocycles. The summed E-state index contributed by atoms with van der Waals surface area (Å²) in [6, 6.07) is 5.98. The fourth-order valence-electron chi connectivity index (χ4n) is 1.79. The largest absolute Gasteiger partial charge is 0.393 e. The Bertz CT molecular complexity index is 733. The van der Waals surface area contributed by atoms with Crippen LogP contribution in [0.5, 0.6) is 0 Å². The van der Waals surface area contributed by atoms with Gasteiger partial charge in [-0.1, -0.05) is 6.07 Å². The lowest BCUT2D eigenvalue weighted by Crippen LogP contribution is -2.16. The van der Waals surface area contributed by atoms with Crippen LogP contribution < -0.4 is 11.1 Å². The van der Waals surface area contributed by atoms with Gasteiger partial charge >= 0.3 is 5.69 Å². The van der Waals surface area contributed by atoms with Crippen LogP contribution in [0.2, 0.25) is 0 Å². The maximum atomic E-state index is 12.2. The number of pyridine rings is 1. The van der Waals surface area contributed by atoms with Crippen LogP contribution in [0, 0.1) is 17.0 Å². The van der Waals surface area contributed by atoms with Crippen molar-refractivity contribution in [2.75, 3.05) is 11.1 Å². The summed E-state index contributed by atoms with van der Waals surface area (Å²) >= 11 is 3.27. The molecule has 7 nitrogen and oxygen atoms in total. The fourth-order valence-corrected chi connectivity index (χ4v) is 2.24. The SMILES string of the molecule is Cc1cc(Br)cnc1NC(=O)c1cccc(N)c1[N+](=O)[O-]. The lowest BCUT2D eigenvalue weighted by Gasteiger charge is -2.08. The minimum absolute atomic E-state index is 0.0619. The summed E-state index contributed by atoms with van der Waals surface area (Å²) < 4.78 is 0.771. The molecule has 0 spiro atoms. The van der Waals surface area contributed by atoms with Gasteiger partial charge in [-0.2, -0.15) is 0 Å². The molecule has 0 bridgehead atoms. The molecule has 1 aromatic heterocycles. The second kappa shape index (κ2) is 5.88. The average molecular weight is 351 g/mol. The Hall–Kier alpha value is -2.48. The van der Waals surface area contributed by atoms with Crippen molar-refractivity contribution in [2.24, 2.45) is 0 Å². The quantitative estimate of drug-likeness (QED) is 0.502. The number of hydrogen-bond acceptors (Lipinski definition) is 5. The van der Waals surface area contributed by atoms with Crippen molar-refractivity contribution >= 4 is 39.0 Å². The molecule has 0 saturated carbocycles. The maximum Gasteiger partial charge on any atom is 0.304 e. The number of aryl methyl sites for hydroxylation is 1. The molecule has 0 saturated heterocycles. The number of nitro groups is 1. The minimum Gasteiger partial charge on any atom is -0.393 e. The Morgan fingerprint density at radius 3 is 2.81 bits per heavy atom. The van der Waals surface area contributed by atoms with E-state index in [1.54, 1.807) is 13.0 Å². The van der Waals surface area contributed by atoms with E-state index in [0.29, 0.717) is 5.82 Å². The number of nitrogen functional groups attached to an aromatic ring is 1. The van der Waals surface area contributed by atoms with E-state index in [2.05, 4.69) is 26.2 Å². The minimum atomic E-state index is -0.674. The van der Waals surface area contributed by atoms with E-state index in [4.69, 9.17) is 5.73 Å². The number of amides is 1. The predicted octanol–water partition coefficient (Wildman–Crippen LogP) is 2.90. The van der Waals surface area contributed by atoms with Gasteiger partial charge in [0, 0.05) is 10.7 Å². The van der Waals surface area contributed by atoms with Crippen molar-refractivity contribution in [1.29, 1.82) is 0 Å². The van der Waals surface area contributed by atoms with E-state index < -0.39 is 16.5 Å². The van der Waals surface area contributed by atoms with Gasteiger partial charge in [0.05, 0.1) is 4.92 Å². The number of nitrogens with two attached hydrogens (primary N) is 1. The first-order valence-corrected chi connectivity index (χ1v) is 6.66. The van der Waals surface area contributed by atoms with Gasteiger partial charge in [0.15, 0.2) is 0 Å². The summed E-state index contributed by atoms with van der Waals surface area (Å²) in [4.78, 5) is 26.6. The number of benzene rings is 1. The second-order valence-corrected chi connectivity index (χ2v) is 5.19. The Labute approximate surface area is 128 Å². The Morgan fingerprint density at radius 1 is 1.48 bits per heavy atom. The van der Waals surface area contributed by atoms with E-state index in [1.165, 1.54) is 24.4 Å². The van der Waals surface area contributed by atoms with E-state index >= 15 is 0 Å². The van der Waals surface area contributed by atoms with Crippen LogP contribution in [-0.4, -0.2) is 15.8 Å². The second-order valence-electron chi connectivity index (χ2n) is 4.27. The highest BCUT2D eigenvalue weighted by Gasteiger charge is 2.23. The zero-order chi connectivity index (χ0) is 15.6. The van der Waals surface area contributed by atoms with Gasteiger partial charge in [0.25, 0.3) is 5.91 Å². The molecule has 0 unspecified atom stereocenters. The number of nitrogens with zero attached hydrogens (tertiary/aromatic N) is 2. The van der Waals surface area contributed by atoms with Gasteiger partial charge in [-0.05, 0) is 46.6 Å². The molecule has 0 aliphatic rings. The maximum absolute atomic E-state index is 12.2. The smallest absolute Gasteiger partial charge is 0.304 e. The van der Waals surface area contributed by atoms with Crippen LogP contribution in [0.4, 0.5) is 17.2 Å². The molecular weight excluding hydrogens is 340 g/mol. The van der Waals surface area contributed by atoms with E-state index in [0.717, 1.165) is 10.0 Å². The van der Waals surface area contributed by atoms with Crippen molar-refractivity contribution in [1.82, 2.24) is 4.98 Å². The highest BCUT2D eigenvalue weighted by molar-refractivity contribution is 9.10. The lowest BCUT2D eigenvalue weighted by atomic mass is 10.1. The molecule has 0 radical (unpaired) electrons. The summed E-state index contributed by atoms with van der Waals surface area (Å²) in [7, 11) is 0. The number of carbonyl (C=O) groups is 1. The number of halogens is 1. The molecule has 2 rings (SSSR count). The van der Waals surface area contributed by atoms with E-state index in [-0.39, 0.29) is 11.3 Å². The summed E-state index contributed by atoms with van der Waals surface area (Å²) in [5.74, 6) is -0.299. The van der Waals surface area contributed by atoms with Gasteiger partial charge in [0.2, 0.25) is 0 Å². The molecule has 0 atom stereocenters. The average Bonchev–Trinajstić information content (AvgIpc) is 2.41. The third kappa shape index (κ3) is 3.16. The van der Waals surface area contributed by atoms with Crippen molar-refractivity contribution < 1.29 is 9.72 Å². The van der Waals surface area contributed by atoms with Gasteiger partial charge in [-0.25, -0.2) is 4.98 Å². The molecule has 8 heteroatoms. The van der Waals surface area contributed by atoms with Gasteiger partial charge in [-0.3, -0.25) is 14.9 Å². The molecule has 1 amide bonds. The molecule has 0 aliphatic heterocycles. The zero-order valence-electron chi connectivity index (χ0n) is 11.0. The molecule has 1 aromatic carbocycles. The molecule has 108 valence electrons. The van der Waals surface area contributed by atoms with Crippen molar-refractivity contribution in [3.8, 4) is 0 Å². The molecule has 3 N–H and O–H groups in total. The Morgan fingerprint density at radius 2 is 2.19 bits per heavy atom. The predicted molar refractivity (Wildman–Crippen MR) is 82.1 cm³/mol. The molecule has 21 heavy (non-hydrogen) atoms. The third-order valence-corrected chi connectivity index (χ3v) is 3.20. The lowest BCUT2D eigenvalue weighted by molar-refractivity contribution is -0.384. The van der Waals surface area contributed by atoms with Crippen LogP contribution in [0.25, 0.3) is 0 Å². The summed E-state index contributed by atoms with van der Waals surface area (Å²) in [6.07, 6.45) is 1.52. The highest BCUT2D eigenvalue weighted by Crippen LogP contribution is 2.27. The topological polar surface area (TPSA) is 111 Å². The molecule has 0 aliphatic carbocycles. The first kappa shape index (κ1) is 14.9. The Kier molecular flexibility index (Phi) is 4.18. The van der Waals surface area contributed by atoms with Crippen molar-refractivity contribution in [3.05, 3.63) is 56.2 Å². The number of nitrogens with one attached hydrogen (secondary N) is 1. The molecule has 0 fully saturated rings. The fraction of sp³-hybridized carbons (Fsp3) is 0.0769. The number of nitro benzene ring substituents is 1. The van der Waals surface area contributed by atoms with Gasteiger partial charge < -0.3 is 11.1 Å². The van der Waals surface area contributed by atoms with E-state index in [9.17, 15) is 14.9 Å². The van der Waals surface area contributed by atoms with E-state index in [1.807, 2.05) is 0 Å². The van der Waals surface area contributed by atoms with Gasteiger partial charge in [-0.15, -0.1) is 0 Å². The molecular formula is C13H11BrN4O3. The molecule has 2 aromatic rings. The normalized spacial score (nSPS) is 10.2. The van der Waals surface area contributed by atoms with Crippen LogP contribution >= 0.6 is 15.9 Å². The van der Waals surface area contributed by atoms with Gasteiger partial charge in [0.1, 0.15) is 17.1 Å². The van der Waals surface area contributed by atoms with Crippen LogP contribution in [0.15, 0.2) is 34.9 Å². The van der Waals surface area contributed by atoms with Crippen LogP contribution in [0.1, 0.15) is 15.9 Å². The first-order valence-electron chi connectivity index (χ1n) is 5.86. The number of para-hydroxylation sites is 1. The summed E-state index contributed by atoms with van der Waals surface area (Å²) in [6.45, 7) is 1.77. The summed E-state index contributed by atoms with van der Waals surface area (Å²) in [5.41, 5.74) is 5.70. The van der Waals surface area contributed by atoms with Crippen LogP contribution in [-0.2, 0) is 0 Å². The number of carbonyl (C=O) groups excluding carboxylic acids is 1. The number of hydrogen-bond donors (Lipinski definition) is 2. The zero-order valence-corrected chi connectivity index (χ0v) is 12.5. The first-order chi connectivity index (χ1) is 9.90. The van der Waals surface area contributed by atoms with Crippen molar-refractivity contribution in [2.45, 2.75) is 6.92 Å². The third-order valence-electron chi connectivity index (χ3n) is 2.77. The standard InChI is InChI=1S/C13H11BrN4O3/c1-7-5-8(14)6-16-12(7)17-13(19)9-3-2-4-10(15)11(9)18(20)21/h2-6H,15H2,1H3,(H,16,17,19). The monoisotopic (exact) mass is 350 g/mol. The van der Waals surface area contributed by atoms with Crippen molar-refractivity contribution in [3.63, 3.8) is 0 Å². The number of aromatic nitrogens is 1. The number of anilines is 2. The highest BCUT2D eigenvalue weighted by atomic mass is 79.9. The summed E-state index contributed by atoms with van der Waals surface area (Å²) in [5, 5.41) is 13.6.